The summed E-state index contributed by atoms with van der Waals surface area (Å²) in [5.41, 5.74) is -18.3. The highest BCUT2D eigenvalue weighted by Gasteiger charge is 2.74. The van der Waals surface area contributed by atoms with Crippen molar-refractivity contribution in [2.75, 3.05) is 12.4 Å². The highest BCUT2D eigenvalue weighted by atomic mass is 19.4. The zero-order valence-electron chi connectivity index (χ0n) is 35.9. The summed E-state index contributed by atoms with van der Waals surface area (Å²) in [5.74, 6) is -6.42. The van der Waals surface area contributed by atoms with E-state index < -0.39 is 104 Å². The summed E-state index contributed by atoms with van der Waals surface area (Å²) < 4.78 is 185. The average Bonchev–Trinajstić information content (AvgIpc) is 3.27. The van der Waals surface area contributed by atoms with Crippen molar-refractivity contribution in [2.45, 2.75) is 48.9 Å². The summed E-state index contributed by atoms with van der Waals surface area (Å²) in [6.07, 6.45) is -24.6. The first-order valence-electron chi connectivity index (χ1n) is 20.2. The van der Waals surface area contributed by atoms with Crippen molar-refractivity contribution in [3.63, 3.8) is 0 Å². The van der Waals surface area contributed by atoms with E-state index in [-0.39, 0.29) is 47.7 Å². The Morgan fingerprint density at radius 3 is 1.19 bits per heavy atom. The third-order valence-corrected chi connectivity index (χ3v) is 11.3. The molecule has 0 aromatic heterocycles. The van der Waals surface area contributed by atoms with Gasteiger partial charge in [0.25, 0.3) is 11.8 Å². The zero-order valence-corrected chi connectivity index (χ0v) is 35.9. The lowest BCUT2D eigenvalue weighted by Crippen LogP contribution is -2.55. The van der Waals surface area contributed by atoms with E-state index in [1.807, 2.05) is 5.32 Å². The van der Waals surface area contributed by atoms with Crippen molar-refractivity contribution < 1.29 is 86.8 Å². The molecule has 0 heterocycles. The first-order chi connectivity index (χ1) is 32.6. The molecule has 0 fully saturated rings. The van der Waals surface area contributed by atoms with E-state index in [9.17, 15) is 55.7 Å². The number of aryl methyl sites for hydroxylation is 1. The van der Waals surface area contributed by atoms with Crippen molar-refractivity contribution in [3.05, 3.63) is 195 Å². The van der Waals surface area contributed by atoms with Gasteiger partial charge in [-0.15, -0.1) is 0 Å². The third-order valence-electron chi connectivity index (χ3n) is 11.3. The van der Waals surface area contributed by atoms with Crippen molar-refractivity contribution in [1.29, 1.82) is 0 Å². The molecule has 0 saturated heterocycles. The van der Waals surface area contributed by atoms with Gasteiger partial charge in [-0.05, 0) is 107 Å². The van der Waals surface area contributed by atoms with Gasteiger partial charge >= 0.3 is 36.6 Å². The van der Waals surface area contributed by atoms with Crippen molar-refractivity contribution in [1.82, 2.24) is 5.32 Å². The largest absolute Gasteiger partial charge is 0.478 e. The molecule has 366 valence electrons. The van der Waals surface area contributed by atoms with E-state index in [1.54, 1.807) is 31.2 Å². The molecule has 0 unspecified atom stereocenters. The van der Waals surface area contributed by atoms with Crippen LogP contribution in [0.15, 0.2) is 133 Å². The van der Waals surface area contributed by atoms with Crippen LogP contribution in [0.5, 0.6) is 11.5 Å². The predicted octanol–water partition coefficient (Wildman–Crippen LogP) is 12.2. The number of carbonyl (C=O) groups excluding carboxylic acids is 2. The van der Waals surface area contributed by atoms with E-state index in [0.29, 0.717) is 47.7 Å². The van der Waals surface area contributed by atoms with Gasteiger partial charge < -0.3 is 25.6 Å². The van der Waals surface area contributed by atoms with E-state index in [0.717, 1.165) is 49.0 Å². The molecule has 0 aliphatic carbocycles. The van der Waals surface area contributed by atoms with Crippen LogP contribution in [-0.2, 0) is 17.3 Å². The molecule has 4 N–H and O–H groups in total. The van der Waals surface area contributed by atoms with Gasteiger partial charge in [-0.2, -0.15) is 52.7 Å². The highest BCUT2D eigenvalue weighted by molar-refractivity contribution is 6.11. The van der Waals surface area contributed by atoms with Crippen LogP contribution in [0.25, 0.3) is 0 Å². The number of nitrogens with one attached hydrogen (secondary N) is 2. The Kier molecular flexibility index (Phi) is 13.9. The van der Waals surface area contributed by atoms with Crippen molar-refractivity contribution >= 4 is 29.4 Å². The molecule has 0 radical (unpaired) electrons. The second kappa shape index (κ2) is 18.9. The fraction of sp³-hybridized carbons (Fsp3) is 0.184. The first-order valence-corrected chi connectivity index (χ1v) is 20.2. The molecule has 70 heavy (non-hydrogen) atoms. The minimum absolute atomic E-state index is 0.0255. The second-order valence-corrected chi connectivity index (χ2v) is 15.7. The van der Waals surface area contributed by atoms with E-state index in [1.165, 1.54) is 12.1 Å². The fourth-order valence-corrected chi connectivity index (χ4v) is 7.93. The molecule has 0 spiro atoms. The number of carboxylic acid groups (broad SMARTS) is 2. The molecule has 0 bridgehead atoms. The normalized spacial score (nSPS) is 12.5. The SMILES string of the molecule is CNC(=O)c1cc(C(c2ccc(C(=O)O)c(C(=O)Nc3ccc(Cc4ccc(C(c5ccc(Oc6ccc(C)cc6)cc5)(C(F)(F)F)C(F)(F)F)cc4)cc3)c2)(C(F)(F)F)C(F)(F)F)ccc1C(=O)O. The molecule has 6 aromatic rings. The monoisotopic (exact) mass is 990 g/mol. The van der Waals surface area contributed by atoms with Crippen molar-refractivity contribution in [3.8, 4) is 11.5 Å². The molecular formula is C49H34F12N2O7. The van der Waals surface area contributed by atoms with Gasteiger partial charge in [0.2, 0.25) is 10.8 Å². The van der Waals surface area contributed by atoms with Gasteiger partial charge in [0.1, 0.15) is 11.5 Å². The Morgan fingerprint density at radius 2 is 0.800 bits per heavy atom. The maximum atomic E-state index is 15.1. The standard InChI is InChI=1S/C49H34F12N2O7/c1-26-3-17-34(18-4-26)70-35-19-11-30(12-20-35)44(46(50,51)52,47(53,54)55)29-9-5-27(6-10-29)23-28-7-15-33(16-8-28)63-41(65)39-25-32(14-22-37(39)43(68)69)45(48(56,57)58,49(59,60)61)31-13-21-36(42(66)67)38(24-31)40(64)62-2/h3-22,24-25H,23H2,1-2H3,(H,62,64)(H,63,65)(H,66,67)(H,68,69). The van der Waals surface area contributed by atoms with E-state index in [2.05, 4.69) is 5.32 Å². The first kappa shape index (κ1) is 51.5. The molecule has 0 saturated carbocycles. The molecule has 9 nitrogen and oxygen atoms in total. The van der Waals surface area contributed by atoms with Gasteiger partial charge in [-0.25, -0.2) is 9.59 Å². The second-order valence-electron chi connectivity index (χ2n) is 15.7. The lowest BCUT2D eigenvalue weighted by molar-refractivity contribution is -0.290. The molecule has 0 aliphatic rings. The lowest BCUT2D eigenvalue weighted by Gasteiger charge is -2.38. The van der Waals surface area contributed by atoms with Gasteiger partial charge in [-0.1, -0.05) is 78.4 Å². The quantitative estimate of drug-likeness (QED) is 0.0844. The van der Waals surface area contributed by atoms with Gasteiger partial charge in [0.05, 0.1) is 22.3 Å². The minimum Gasteiger partial charge on any atom is -0.478 e. The highest BCUT2D eigenvalue weighted by Crippen LogP contribution is 2.58. The minimum atomic E-state index is -6.34. The number of amides is 2. The van der Waals surface area contributed by atoms with Crippen LogP contribution in [0.1, 0.15) is 80.4 Å². The third kappa shape index (κ3) is 9.59. The van der Waals surface area contributed by atoms with Crippen LogP contribution < -0.4 is 15.4 Å². The van der Waals surface area contributed by atoms with E-state index >= 15 is 26.3 Å². The molecular weight excluding hydrogens is 957 g/mol. The van der Waals surface area contributed by atoms with Crippen LogP contribution in [-0.4, -0.2) is 65.7 Å². The van der Waals surface area contributed by atoms with Crippen molar-refractivity contribution in [2.24, 2.45) is 0 Å². The fourth-order valence-electron chi connectivity index (χ4n) is 7.93. The van der Waals surface area contributed by atoms with Gasteiger partial charge in [-0.3, -0.25) is 9.59 Å². The maximum Gasteiger partial charge on any atom is 0.411 e. The average molecular weight is 991 g/mol. The summed E-state index contributed by atoms with van der Waals surface area (Å²) >= 11 is 0. The summed E-state index contributed by atoms with van der Waals surface area (Å²) in [4.78, 5) is 49.9. The van der Waals surface area contributed by atoms with Crippen LogP contribution in [0, 0.1) is 6.92 Å². The topological polar surface area (TPSA) is 142 Å². The number of alkyl halides is 12. The number of halogens is 12. The number of rotatable bonds is 13. The van der Waals surface area contributed by atoms with Crippen LogP contribution in [0.3, 0.4) is 0 Å². The summed E-state index contributed by atoms with van der Waals surface area (Å²) in [6, 6.07) is 19.3. The van der Waals surface area contributed by atoms with Gasteiger partial charge in [0, 0.05) is 12.7 Å². The number of hydrogen-bond acceptors (Lipinski definition) is 5. The Hall–Kier alpha value is -7.84. The number of anilines is 1. The number of aromatic carboxylic acids is 2. The number of benzene rings is 6. The number of hydrogen-bond donors (Lipinski definition) is 4. The summed E-state index contributed by atoms with van der Waals surface area (Å²) in [5, 5.41) is 23.4. The Bertz CT molecular complexity index is 2900. The number of carbonyl (C=O) groups is 4. The van der Waals surface area contributed by atoms with Gasteiger partial charge in [0.15, 0.2) is 0 Å². The Balaban J connectivity index is 1.29. The maximum absolute atomic E-state index is 15.1. The molecule has 6 rings (SSSR count). The Labute approximate surface area is 388 Å². The zero-order chi connectivity index (χ0) is 51.8. The van der Waals surface area contributed by atoms with E-state index in [4.69, 9.17) is 4.74 Å². The Morgan fingerprint density at radius 1 is 0.457 bits per heavy atom. The molecule has 21 heteroatoms. The predicted molar refractivity (Wildman–Crippen MR) is 227 cm³/mol. The van der Waals surface area contributed by atoms with Crippen LogP contribution in [0.4, 0.5) is 58.4 Å². The van der Waals surface area contributed by atoms with Crippen LogP contribution in [0.2, 0.25) is 0 Å². The molecule has 2 amide bonds. The summed E-state index contributed by atoms with van der Waals surface area (Å²) in [7, 11) is 0.936. The number of carboxylic acids is 2. The van der Waals surface area contributed by atoms with Crippen LogP contribution >= 0.6 is 0 Å². The smallest absolute Gasteiger partial charge is 0.411 e. The molecule has 0 atom stereocenters. The lowest BCUT2D eigenvalue weighted by atomic mass is 9.71. The molecule has 6 aromatic carbocycles. The number of ether oxygens (including phenoxy) is 1. The molecule has 0 aliphatic heterocycles. The summed E-state index contributed by atoms with van der Waals surface area (Å²) in [6.45, 7) is 1.80.